The van der Waals surface area contributed by atoms with Gasteiger partial charge in [-0.1, -0.05) is 41.6 Å². The van der Waals surface area contributed by atoms with Gasteiger partial charge in [-0.3, -0.25) is 4.79 Å². The zero-order valence-electron chi connectivity index (χ0n) is 14.0. The Morgan fingerprint density at radius 3 is 2.85 bits per heavy atom. The summed E-state index contributed by atoms with van der Waals surface area (Å²) in [6, 6.07) is 14.7. The monoisotopic (exact) mass is 385 g/mol. The molecule has 1 aliphatic rings. The summed E-state index contributed by atoms with van der Waals surface area (Å²) in [6.45, 7) is 1.99. The van der Waals surface area contributed by atoms with Crippen LogP contribution < -0.4 is 15.4 Å². The van der Waals surface area contributed by atoms with Crippen LogP contribution in [0.25, 0.3) is 6.08 Å². The zero-order valence-corrected chi connectivity index (χ0v) is 15.5. The van der Waals surface area contributed by atoms with Crippen molar-refractivity contribution in [3.8, 4) is 11.8 Å². The summed E-state index contributed by atoms with van der Waals surface area (Å²) in [4.78, 5) is 12.8. The highest BCUT2D eigenvalue weighted by atomic mass is 35.5. The molecule has 2 aromatic carbocycles. The SMILES string of the molecule is Cc1ccc(Cl)cc1NC1NC(=O)/C(=C/c2ccc(OCC#N)cc2)S1. The Morgan fingerprint density at radius 1 is 1.35 bits per heavy atom. The Kier molecular flexibility index (Phi) is 5.71. The van der Waals surface area contributed by atoms with Crippen molar-refractivity contribution in [2.24, 2.45) is 0 Å². The number of carbonyl (C=O) groups excluding carboxylic acids is 1. The van der Waals surface area contributed by atoms with Gasteiger partial charge in [0, 0.05) is 10.7 Å². The summed E-state index contributed by atoms with van der Waals surface area (Å²) in [5.41, 5.74) is 2.56. The average molecular weight is 386 g/mol. The maximum absolute atomic E-state index is 12.2. The van der Waals surface area contributed by atoms with E-state index in [1.165, 1.54) is 11.8 Å². The number of hydrogen-bond donors (Lipinski definition) is 2. The van der Waals surface area contributed by atoms with E-state index in [0.717, 1.165) is 16.8 Å². The Bertz CT molecular complexity index is 891. The highest BCUT2D eigenvalue weighted by molar-refractivity contribution is 8.05. The first kappa shape index (κ1) is 18.2. The van der Waals surface area contributed by atoms with Crippen LogP contribution in [0.5, 0.6) is 5.75 Å². The molecule has 7 heteroatoms. The number of nitrogens with zero attached hydrogens (tertiary/aromatic N) is 1. The lowest BCUT2D eigenvalue weighted by Gasteiger charge is -2.15. The number of benzene rings is 2. The molecule has 0 bridgehead atoms. The summed E-state index contributed by atoms with van der Waals surface area (Å²) >= 11 is 7.45. The predicted molar refractivity (Wildman–Crippen MR) is 105 cm³/mol. The largest absolute Gasteiger partial charge is 0.479 e. The van der Waals surface area contributed by atoms with Crippen molar-refractivity contribution in [3.05, 3.63) is 63.5 Å². The van der Waals surface area contributed by atoms with Crippen LogP contribution in [0.2, 0.25) is 5.02 Å². The van der Waals surface area contributed by atoms with Gasteiger partial charge in [-0.2, -0.15) is 5.26 Å². The fourth-order valence-electron chi connectivity index (χ4n) is 2.38. The van der Waals surface area contributed by atoms with Gasteiger partial charge in [0.05, 0.1) is 4.91 Å². The fourth-order valence-corrected chi connectivity index (χ4v) is 3.53. The normalized spacial score (nSPS) is 17.7. The molecule has 0 saturated carbocycles. The van der Waals surface area contributed by atoms with Gasteiger partial charge < -0.3 is 15.4 Å². The number of amides is 1. The van der Waals surface area contributed by atoms with Crippen molar-refractivity contribution < 1.29 is 9.53 Å². The molecular formula is C19H16ClN3O2S. The molecule has 132 valence electrons. The second-order valence-corrected chi connectivity index (χ2v) is 7.18. The minimum Gasteiger partial charge on any atom is -0.479 e. The van der Waals surface area contributed by atoms with E-state index in [1.54, 1.807) is 12.1 Å². The van der Waals surface area contributed by atoms with Crippen LogP contribution in [0, 0.1) is 18.3 Å². The minimum absolute atomic E-state index is 0.00889. The van der Waals surface area contributed by atoms with E-state index in [2.05, 4.69) is 10.6 Å². The van der Waals surface area contributed by atoms with Gasteiger partial charge in [-0.05, 0) is 48.4 Å². The second-order valence-electron chi connectivity index (χ2n) is 5.60. The van der Waals surface area contributed by atoms with E-state index in [-0.39, 0.29) is 18.0 Å². The number of rotatable bonds is 5. The van der Waals surface area contributed by atoms with Crippen LogP contribution in [0.1, 0.15) is 11.1 Å². The molecule has 1 saturated heterocycles. The van der Waals surface area contributed by atoms with Crippen LogP contribution in [0.3, 0.4) is 0 Å². The topological polar surface area (TPSA) is 74.2 Å². The zero-order chi connectivity index (χ0) is 18.5. The molecule has 1 heterocycles. The summed E-state index contributed by atoms with van der Waals surface area (Å²) < 4.78 is 5.22. The van der Waals surface area contributed by atoms with Gasteiger partial charge in [0.25, 0.3) is 5.91 Å². The van der Waals surface area contributed by atoms with Gasteiger partial charge in [0.15, 0.2) is 12.1 Å². The third-order valence-electron chi connectivity index (χ3n) is 3.70. The highest BCUT2D eigenvalue weighted by Gasteiger charge is 2.27. The van der Waals surface area contributed by atoms with E-state index >= 15 is 0 Å². The number of aryl methyl sites for hydroxylation is 1. The van der Waals surface area contributed by atoms with Gasteiger partial charge in [0.1, 0.15) is 11.8 Å². The lowest BCUT2D eigenvalue weighted by atomic mass is 10.2. The van der Waals surface area contributed by atoms with Crippen molar-refractivity contribution in [1.82, 2.24) is 5.32 Å². The van der Waals surface area contributed by atoms with Crippen molar-refractivity contribution >= 4 is 41.0 Å². The van der Waals surface area contributed by atoms with E-state index in [1.807, 2.05) is 49.4 Å². The molecule has 0 spiro atoms. The first-order chi connectivity index (χ1) is 12.5. The first-order valence-electron chi connectivity index (χ1n) is 7.87. The van der Waals surface area contributed by atoms with Crippen LogP contribution in [0.15, 0.2) is 47.4 Å². The third-order valence-corrected chi connectivity index (χ3v) is 4.96. The molecule has 5 nitrogen and oxygen atoms in total. The minimum atomic E-state index is -0.260. The van der Waals surface area contributed by atoms with Crippen LogP contribution >= 0.6 is 23.4 Å². The van der Waals surface area contributed by atoms with Crippen molar-refractivity contribution in [1.29, 1.82) is 5.26 Å². The van der Waals surface area contributed by atoms with Crippen LogP contribution in [0.4, 0.5) is 5.69 Å². The number of nitrogens with one attached hydrogen (secondary N) is 2. The molecule has 0 aromatic heterocycles. The summed E-state index contributed by atoms with van der Waals surface area (Å²) in [5, 5.41) is 15.3. The molecule has 0 aliphatic carbocycles. The van der Waals surface area contributed by atoms with E-state index in [0.29, 0.717) is 15.7 Å². The van der Waals surface area contributed by atoms with Crippen molar-refractivity contribution in [3.63, 3.8) is 0 Å². The first-order valence-corrected chi connectivity index (χ1v) is 9.12. The number of hydrogen-bond acceptors (Lipinski definition) is 5. The molecular weight excluding hydrogens is 370 g/mol. The maximum atomic E-state index is 12.2. The summed E-state index contributed by atoms with van der Waals surface area (Å²) in [7, 11) is 0. The number of ether oxygens (including phenoxy) is 1. The van der Waals surface area contributed by atoms with E-state index in [4.69, 9.17) is 21.6 Å². The molecule has 1 atom stereocenters. The molecule has 1 fully saturated rings. The van der Waals surface area contributed by atoms with Gasteiger partial charge in [-0.15, -0.1) is 0 Å². The Balaban J connectivity index is 1.68. The second kappa shape index (κ2) is 8.17. The van der Waals surface area contributed by atoms with Crippen LogP contribution in [-0.2, 0) is 4.79 Å². The van der Waals surface area contributed by atoms with E-state index in [9.17, 15) is 4.79 Å². The molecule has 1 amide bonds. The number of nitriles is 1. The van der Waals surface area contributed by atoms with Crippen molar-refractivity contribution in [2.45, 2.75) is 12.4 Å². The smallest absolute Gasteiger partial charge is 0.260 e. The Labute approximate surface area is 161 Å². The summed E-state index contributed by atoms with van der Waals surface area (Å²) in [5.74, 6) is 0.491. The Hall–Kier alpha value is -2.62. The molecule has 1 aliphatic heterocycles. The molecule has 2 N–H and O–H groups in total. The Morgan fingerprint density at radius 2 is 2.12 bits per heavy atom. The van der Waals surface area contributed by atoms with Crippen molar-refractivity contribution in [2.75, 3.05) is 11.9 Å². The number of anilines is 1. The molecule has 0 radical (unpaired) electrons. The van der Waals surface area contributed by atoms with Gasteiger partial charge in [0.2, 0.25) is 0 Å². The predicted octanol–water partition coefficient (Wildman–Crippen LogP) is 4.15. The lowest BCUT2D eigenvalue weighted by molar-refractivity contribution is -0.116. The molecule has 3 rings (SSSR count). The lowest BCUT2D eigenvalue weighted by Crippen LogP contribution is -2.31. The summed E-state index contributed by atoms with van der Waals surface area (Å²) in [6.07, 6.45) is 1.82. The van der Waals surface area contributed by atoms with Crippen LogP contribution in [-0.4, -0.2) is 18.0 Å². The standard InChI is InChI=1S/C19H16ClN3O2S/c1-12-2-5-14(20)11-16(12)22-19-23-18(24)17(26-19)10-13-3-6-15(7-4-13)25-9-8-21/h2-7,10-11,19,22H,9H2,1H3,(H,23,24)/b17-10-. The number of thioether (sulfide) groups is 1. The molecule has 26 heavy (non-hydrogen) atoms. The van der Waals surface area contributed by atoms with Gasteiger partial charge in [-0.25, -0.2) is 0 Å². The third kappa shape index (κ3) is 4.51. The highest BCUT2D eigenvalue weighted by Crippen LogP contribution is 2.31. The average Bonchev–Trinajstić information content (AvgIpc) is 2.96. The van der Waals surface area contributed by atoms with E-state index < -0.39 is 0 Å². The van der Waals surface area contributed by atoms with Gasteiger partial charge >= 0.3 is 0 Å². The molecule has 2 aromatic rings. The fraction of sp³-hybridized carbons (Fsp3) is 0.158. The maximum Gasteiger partial charge on any atom is 0.260 e. The molecule has 1 unspecified atom stereocenters. The number of carbonyl (C=O) groups is 1. The quantitative estimate of drug-likeness (QED) is 0.756. The number of halogens is 1.